The van der Waals surface area contributed by atoms with Gasteiger partial charge in [0, 0.05) is 84.4 Å². The molecule has 0 bridgehead atoms. The number of imidazole rings is 1. The maximum atomic E-state index is 14.4. The minimum absolute atomic E-state index is 0.108. The van der Waals surface area contributed by atoms with Crippen LogP contribution in [0.3, 0.4) is 0 Å². The molecule has 0 unspecified atom stereocenters. The number of carbonyl (C=O) groups excluding carboxylic acids is 2. The molecule has 51 heavy (non-hydrogen) atoms. The number of rotatable bonds is 7. The molecule has 260 valence electrons. The lowest BCUT2D eigenvalue weighted by atomic mass is 9.73. The molecular formula is C39H39BrN8O3. The van der Waals surface area contributed by atoms with Crippen LogP contribution in [0.5, 0.6) is 0 Å². The van der Waals surface area contributed by atoms with Crippen molar-refractivity contribution in [1.29, 1.82) is 0 Å². The average Bonchev–Trinajstić information content (AvgIpc) is 3.40. The van der Waals surface area contributed by atoms with E-state index in [0.29, 0.717) is 28.2 Å². The zero-order valence-corrected chi connectivity index (χ0v) is 30.4. The summed E-state index contributed by atoms with van der Waals surface area (Å²) in [5, 5.41) is 3.08. The predicted molar refractivity (Wildman–Crippen MR) is 199 cm³/mol. The fourth-order valence-electron chi connectivity index (χ4n) is 7.95. The molecular weight excluding hydrogens is 708 g/mol. The summed E-state index contributed by atoms with van der Waals surface area (Å²) in [4.78, 5) is 57.9. The smallest absolute Gasteiger partial charge is 0.333 e. The van der Waals surface area contributed by atoms with Gasteiger partial charge in [0.2, 0.25) is 0 Å². The number of nitrogens with one attached hydrogen (secondary N) is 1. The zero-order chi connectivity index (χ0) is 35.4. The number of fused-ring (bicyclic) bond motifs is 1. The lowest BCUT2D eigenvalue weighted by Crippen LogP contribution is -2.71. The molecule has 11 nitrogen and oxygen atoms in total. The van der Waals surface area contributed by atoms with Crippen LogP contribution in [0.15, 0.2) is 94.5 Å². The van der Waals surface area contributed by atoms with Gasteiger partial charge in [-0.25, -0.2) is 14.8 Å². The van der Waals surface area contributed by atoms with Gasteiger partial charge >= 0.3 is 5.69 Å². The van der Waals surface area contributed by atoms with Gasteiger partial charge in [-0.3, -0.25) is 18.7 Å². The van der Waals surface area contributed by atoms with E-state index in [-0.39, 0.29) is 43.0 Å². The van der Waals surface area contributed by atoms with Crippen molar-refractivity contribution in [3.8, 4) is 17.1 Å². The lowest BCUT2D eigenvalue weighted by molar-refractivity contribution is -0.00238. The molecule has 3 aromatic carbocycles. The Hall–Kier alpha value is -5.07. The molecule has 2 aromatic heterocycles. The Morgan fingerprint density at radius 3 is 2.35 bits per heavy atom. The molecule has 0 saturated carbocycles. The van der Waals surface area contributed by atoms with Crippen LogP contribution in [-0.2, 0) is 19.6 Å². The van der Waals surface area contributed by atoms with Crippen LogP contribution in [0, 0.1) is 12.3 Å². The number of hydrogen-bond donors (Lipinski definition) is 1. The van der Waals surface area contributed by atoms with Crippen molar-refractivity contribution >= 4 is 33.4 Å². The highest BCUT2D eigenvalue weighted by Gasteiger charge is 2.50. The predicted octanol–water partition coefficient (Wildman–Crippen LogP) is 4.89. The van der Waals surface area contributed by atoms with E-state index in [4.69, 9.17) is 0 Å². The molecule has 2 saturated heterocycles. The van der Waals surface area contributed by atoms with Gasteiger partial charge in [-0.2, -0.15) is 0 Å². The van der Waals surface area contributed by atoms with E-state index < -0.39 is 5.91 Å². The molecule has 1 N–H and O–H groups in total. The number of halogens is 1. The third-order valence-electron chi connectivity index (χ3n) is 10.4. The van der Waals surface area contributed by atoms with Gasteiger partial charge in [-0.1, -0.05) is 40.2 Å². The molecule has 1 spiro atoms. The van der Waals surface area contributed by atoms with Gasteiger partial charge in [0.25, 0.3) is 11.8 Å². The van der Waals surface area contributed by atoms with Gasteiger partial charge in [-0.15, -0.1) is 0 Å². The SMILES string of the molecule is Cc1cc(C(=O)N2Cc3c(C(=O)NCc4ccccc4-c4ncccn4)n(-c4ccc(N5CC6(CN(C)C6)C5)cc4)c(=O)n3C[C@H]2C)ccc1Br. The largest absolute Gasteiger partial charge is 0.370 e. The summed E-state index contributed by atoms with van der Waals surface area (Å²) in [6.07, 6.45) is 3.37. The number of anilines is 1. The van der Waals surface area contributed by atoms with E-state index in [1.807, 2.05) is 74.5 Å². The molecule has 2 amide bonds. The average molecular weight is 748 g/mol. The van der Waals surface area contributed by atoms with E-state index in [9.17, 15) is 14.4 Å². The first kappa shape index (κ1) is 33.1. The van der Waals surface area contributed by atoms with E-state index in [0.717, 1.165) is 53.0 Å². The van der Waals surface area contributed by atoms with Crippen molar-refractivity contribution in [2.75, 3.05) is 38.1 Å². The molecule has 5 aromatic rings. The van der Waals surface area contributed by atoms with Crippen molar-refractivity contribution in [1.82, 2.24) is 34.2 Å². The second-order valence-electron chi connectivity index (χ2n) is 14.2. The minimum Gasteiger partial charge on any atom is -0.370 e. The molecule has 8 rings (SSSR count). The highest BCUT2D eigenvalue weighted by molar-refractivity contribution is 9.10. The van der Waals surface area contributed by atoms with Gasteiger partial charge < -0.3 is 20.0 Å². The Morgan fingerprint density at radius 2 is 1.65 bits per heavy atom. The lowest BCUT2D eigenvalue weighted by Gasteiger charge is -2.60. The highest BCUT2D eigenvalue weighted by Crippen LogP contribution is 2.41. The molecule has 3 aliphatic rings. The number of nitrogens with zero attached hydrogens (tertiary/aromatic N) is 7. The Balaban J connectivity index is 1.14. The normalized spacial score (nSPS) is 17.8. The second-order valence-corrected chi connectivity index (χ2v) is 15.1. The molecule has 2 fully saturated rings. The minimum atomic E-state index is -0.408. The Labute approximate surface area is 304 Å². The summed E-state index contributed by atoms with van der Waals surface area (Å²) in [5.41, 5.74) is 5.65. The topological polar surface area (TPSA) is 109 Å². The summed E-state index contributed by atoms with van der Waals surface area (Å²) < 4.78 is 4.08. The number of amides is 2. The van der Waals surface area contributed by atoms with E-state index >= 15 is 0 Å². The van der Waals surface area contributed by atoms with Crippen LogP contribution >= 0.6 is 15.9 Å². The quantitative estimate of drug-likeness (QED) is 0.253. The number of aromatic nitrogens is 4. The summed E-state index contributed by atoms with van der Waals surface area (Å²) in [6, 6.07) is 22.6. The Morgan fingerprint density at radius 1 is 0.941 bits per heavy atom. The van der Waals surface area contributed by atoms with Crippen molar-refractivity contribution in [2.45, 2.75) is 39.5 Å². The van der Waals surface area contributed by atoms with Crippen molar-refractivity contribution in [3.05, 3.63) is 128 Å². The number of likely N-dealkylation sites (tertiary alicyclic amines) is 1. The van der Waals surface area contributed by atoms with Crippen molar-refractivity contribution < 1.29 is 9.59 Å². The summed E-state index contributed by atoms with van der Waals surface area (Å²) >= 11 is 3.53. The van der Waals surface area contributed by atoms with E-state index in [2.05, 4.69) is 48.1 Å². The van der Waals surface area contributed by atoms with Gasteiger partial charge in [0.15, 0.2) is 5.82 Å². The molecule has 12 heteroatoms. The Kier molecular flexibility index (Phi) is 8.38. The Bertz CT molecular complexity index is 2200. The number of benzene rings is 3. The van der Waals surface area contributed by atoms with Gasteiger partial charge in [0.05, 0.1) is 17.9 Å². The standard InChI is InChI=1S/C39H39BrN8O3/c1-25-17-27(9-14-32(25)40)37(50)46-20-33-34(36(49)43-18-28-7-4-5-8-31(28)35-41-15-6-16-42-35)48(38(51)47(33)19-26(46)2)30-12-10-29(11-13-30)45-23-39(24-45)21-44(3)22-39/h4-17,26H,18-24H2,1-3H3,(H,43,49)/t26-/m1/s1. The first-order chi connectivity index (χ1) is 24.6. The number of hydrogen-bond acceptors (Lipinski definition) is 7. The molecule has 0 radical (unpaired) electrons. The van der Waals surface area contributed by atoms with E-state index in [1.54, 1.807) is 34.0 Å². The van der Waals surface area contributed by atoms with Gasteiger partial charge in [0.1, 0.15) is 5.69 Å². The third-order valence-corrected chi connectivity index (χ3v) is 11.3. The van der Waals surface area contributed by atoms with E-state index in [1.165, 1.54) is 4.57 Å². The van der Waals surface area contributed by atoms with Crippen LogP contribution < -0.4 is 15.9 Å². The van der Waals surface area contributed by atoms with Crippen molar-refractivity contribution in [3.63, 3.8) is 0 Å². The maximum absolute atomic E-state index is 14.4. The van der Waals surface area contributed by atoms with Gasteiger partial charge in [-0.05, 0) is 80.6 Å². The fourth-order valence-corrected chi connectivity index (χ4v) is 8.20. The van der Waals surface area contributed by atoms with Crippen LogP contribution in [0.2, 0.25) is 0 Å². The summed E-state index contributed by atoms with van der Waals surface area (Å²) in [7, 11) is 2.15. The van der Waals surface area contributed by atoms with Crippen molar-refractivity contribution in [2.24, 2.45) is 5.41 Å². The molecule has 3 aliphatic heterocycles. The first-order valence-corrected chi connectivity index (χ1v) is 18.0. The maximum Gasteiger partial charge on any atom is 0.333 e. The summed E-state index contributed by atoms with van der Waals surface area (Å²) in [5.74, 6) is 0.000302. The summed E-state index contributed by atoms with van der Waals surface area (Å²) in [6.45, 7) is 8.71. The first-order valence-electron chi connectivity index (χ1n) is 17.2. The molecule has 5 heterocycles. The monoisotopic (exact) mass is 746 g/mol. The number of carbonyl (C=O) groups is 2. The second kappa shape index (κ2) is 12.9. The molecule has 0 aliphatic carbocycles. The zero-order valence-electron chi connectivity index (χ0n) is 28.8. The number of aryl methyl sites for hydroxylation is 1. The highest BCUT2D eigenvalue weighted by atomic mass is 79.9. The van der Waals surface area contributed by atoms with Crippen LogP contribution in [0.4, 0.5) is 5.69 Å². The van der Waals surface area contributed by atoms with Crippen LogP contribution in [0.25, 0.3) is 17.1 Å². The van der Waals surface area contributed by atoms with Crippen LogP contribution in [0.1, 0.15) is 44.6 Å². The molecule has 1 atom stereocenters. The fraction of sp³-hybridized carbons (Fsp3) is 0.308. The van der Waals surface area contributed by atoms with Crippen LogP contribution in [-0.4, -0.2) is 80.0 Å². The third kappa shape index (κ3) is 5.95.